The molecule has 2 aromatic rings. The molecule has 4 nitrogen and oxygen atoms in total. The summed E-state index contributed by atoms with van der Waals surface area (Å²) >= 11 is 0. The number of ether oxygens (including phenoxy) is 2. The van der Waals surface area contributed by atoms with Crippen LogP contribution in [-0.4, -0.2) is 48.5 Å². The van der Waals surface area contributed by atoms with Crippen molar-refractivity contribution in [3.63, 3.8) is 0 Å². The van der Waals surface area contributed by atoms with Gasteiger partial charge >= 0.3 is 0 Å². The molecule has 1 aliphatic heterocycles. The van der Waals surface area contributed by atoms with Crippen molar-refractivity contribution in [3.8, 4) is 0 Å². The van der Waals surface area contributed by atoms with Crippen molar-refractivity contribution in [1.29, 1.82) is 0 Å². The van der Waals surface area contributed by atoms with Crippen molar-refractivity contribution in [2.75, 3.05) is 26.3 Å². The van der Waals surface area contributed by atoms with Crippen LogP contribution in [0.4, 0.5) is 0 Å². The Morgan fingerprint density at radius 2 is 1.54 bits per heavy atom. The molecule has 1 heterocycles. The molecule has 3 rings (SSSR count). The fourth-order valence-corrected chi connectivity index (χ4v) is 3.05. The van der Waals surface area contributed by atoms with Crippen molar-refractivity contribution in [1.82, 2.24) is 4.90 Å². The first-order chi connectivity index (χ1) is 11.8. The van der Waals surface area contributed by atoms with E-state index in [2.05, 4.69) is 41.3 Å². The number of nitrogens with zero attached hydrogens (tertiary/aromatic N) is 1. The van der Waals surface area contributed by atoms with Crippen LogP contribution in [-0.2, 0) is 22.6 Å². The number of hydrogen-bond acceptors (Lipinski definition) is 4. The van der Waals surface area contributed by atoms with Gasteiger partial charge in [-0.2, -0.15) is 0 Å². The number of aliphatic hydroxyl groups excluding tert-OH is 1. The Bertz CT molecular complexity index is 590. The molecule has 1 saturated heterocycles. The summed E-state index contributed by atoms with van der Waals surface area (Å²) in [6.07, 6.45) is -0.156. The Balaban J connectivity index is 1.51. The van der Waals surface area contributed by atoms with Crippen LogP contribution in [0.5, 0.6) is 0 Å². The molecule has 0 amide bonds. The molecule has 0 aromatic heterocycles. The molecule has 2 atom stereocenters. The summed E-state index contributed by atoms with van der Waals surface area (Å²) in [5.41, 5.74) is 2.44. The minimum atomic E-state index is -0.146. The Morgan fingerprint density at radius 3 is 2.21 bits per heavy atom. The van der Waals surface area contributed by atoms with Crippen LogP contribution in [0.15, 0.2) is 60.7 Å². The van der Waals surface area contributed by atoms with Gasteiger partial charge < -0.3 is 14.6 Å². The van der Waals surface area contributed by atoms with Crippen molar-refractivity contribution < 1.29 is 14.6 Å². The average Bonchev–Trinajstić information content (AvgIpc) is 2.63. The molecule has 24 heavy (non-hydrogen) atoms. The van der Waals surface area contributed by atoms with Gasteiger partial charge in [-0.3, -0.25) is 4.90 Å². The molecule has 0 bridgehead atoms. The van der Waals surface area contributed by atoms with Crippen molar-refractivity contribution >= 4 is 0 Å². The smallest absolute Gasteiger partial charge is 0.0940 e. The van der Waals surface area contributed by atoms with Gasteiger partial charge in [-0.15, -0.1) is 0 Å². The molecule has 0 saturated carbocycles. The molecule has 0 radical (unpaired) electrons. The molecule has 0 spiro atoms. The van der Waals surface area contributed by atoms with E-state index in [1.165, 1.54) is 5.56 Å². The van der Waals surface area contributed by atoms with Crippen LogP contribution in [0.25, 0.3) is 0 Å². The second kappa shape index (κ2) is 8.94. The van der Waals surface area contributed by atoms with Crippen LogP contribution < -0.4 is 0 Å². The fraction of sp³-hybridized carbons (Fsp3) is 0.400. The third-order valence-electron chi connectivity index (χ3n) is 4.18. The maximum Gasteiger partial charge on any atom is 0.0940 e. The van der Waals surface area contributed by atoms with Crippen LogP contribution in [0.3, 0.4) is 0 Å². The Hall–Kier alpha value is -1.72. The molecule has 1 fully saturated rings. The molecular formula is C20H25NO3. The van der Waals surface area contributed by atoms with E-state index in [4.69, 9.17) is 9.47 Å². The molecule has 0 unspecified atom stereocenters. The first-order valence-electron chi connectivity index (χ1n) is 8.48. The van der Waals surface area contributed by atoms with Crippen molar-refractivity contribution in [2.24, 2.45) is 0 Å². The maximum atomic E-state index is 9.50. The van der Waals surface area contributed by atoms with E-state index in [9.17, 15) is 5.11 Å². The molecule has 1 N–H and O–H groups in total. The zero-order chi connectivity index (χ0) is 16.6. The highest BCUT2D eigenvalue weighted by molar-refractivity contribution is 5.15. The first-order valence-corrected chi connectivity index (χ1v) is 8.48. The van der Waals surface area contributed by atoms with Gasteiger partial charge in [-0.05, 0) is 11.1 Å². The zero-order valence-corrected chi connectivity index (χ0v) is 13.9. The van der Waals surface area contributed by atoms with Crippen molar-refractivity contribution in [3.05, 3.63) is 71.8 Å². The number of aliphatic hydroxyl groups is 1. The number of rotatable bonds is 7. The maximum absolute atomic E-state index is 9.50. The standard InChI is InChI=1S/C20H25NO3/c22-14-19-12-21(11-17-7-3-1-4-8-17)13-20(24-19)16-23-15-18-9-5-2-6-10-18/h1-10,19-20,22H,11-16H2/t19-,20+/m0/s1. The quantitative estimate of drug-likeness (QED) is 0.848. The summed E-state index contributed by atoms with van der Waals surface area (Å²) < 4.78 is 11.7. The minimum Gasteiger partial charge on any atom is -0.394 e. The van der Waals surface area contributed by atoms with Crippen LogP contribution in [0.2, 0.25) is 0 Å². The van der Waals surface area contributed by atoms with Gasteiger partial charge in [0.1, 0.15) is 0 Å². The number of benzene rings is 2. The molecule has 128 valence electrons. The lowest BCUT2D eigenvalue weighted by molar-refractivity contribution is -0.130. The summed E-state index contributed by atoms with van der Waals surface area (Å²) in [4.78, 5) is 2.33. The van der Waals surface area contributed by atoms with Gasteiger partial charge in [0.25, 0.3) is 0 Å². The summed E-state index contributed by atoms with van der Waals surface area (Å²) in [5, 5.41) is 9.50. The molecule has 4 heteroatoms. The lowest BCUT2D eigenvalue weighted by Gasteiger charge is -2.37. The first kappa shape index (κ1) is 17.1. The highest BCUT2D eigenvalue weighted by Crippen LogP contribution is 2.15. The van der Waals surface area contributed by atoms with Gasteiger partial charge in [-0.25, -0.2) is 0 Å². The molecule has 2 aromatic carbocycles. The third kappa shape index (κ3) is 5.14. The van der Waals surface area contributed by atoms with E-state index in [0.29, 0.717) is 13.2 Å². The summed E-state index contributed by atoms with van der Waals surface area (Å²) in [6.45, 7) is 3.61. The number of morpholine rings is 1. The summed E-state index contributed by atoms with van der Waals surface area (Å²) in [7, 11) is 0. The Labute approximate surface area is 143 Å². The highest BCUT2D eigenvalue weighted by atomic mass is 16.5. The number of hydrogen-bond donors (Lipinski definition) is 1. The van der Waals surface area contributed by atoms with E-state index in [1.807, 2.05) is 24.3 Å². The van der Waals surface area contributed by atoms with E-state index >= 15 is 0 Å². The van der Waals surface area contributed by atoms with Gasteiger partial charge in [0.05, 0.1) is 32.0 Å². The average molecular weight is 327 g/mol. The van der Waals surface area contributed by atoms with Crippen LogP contribution in [0.1, 0.15) is 11.1 Å². The minimum absolute atomic E-state index is 0.0108. The second-order valence-corrected chi connectivity index (χ2v) is 6.24. The monoisotopic (exact) mass is 327 g/mol. The van der Waals surface area contributed by atoms with Crippen LogP contribution >= 0.6 is 0 Å². The predicted octanol–water partition coefficient (Wildman–Crippen LogP) is 2.47. The fourth-order valence-electron chi connectivity index (χ4n) is 3.05. The van der Waals surface area contributed by atoms with E-state index in [0.717, 1.165) is 25.2 Å². The van der Waals surface area contributed by atoms with Gasteiger partial charge in [0.2, 0.25) is 0 Å². The van der Waals surface area contributed by atoms with Gasteiger partial charge in [0.15, 0.2) is 0 Å². The molecule has 0 aliphatic carbocycles. The third-order valence-corrected chi connectivity index (χ3v) is 4.18. The zero-order valence-electron chi connectivity index (χ0n) is 13.9. The SMILES string of the molecule is OC[C@@H]1CN(Cc2ccccc2)C[C@H](COCc2ccccc2)O1. The van der Waals surface area contributed by atoms with Gasteiger partial charge in [0, 0.05) is 19.6 Å². The largest absolute Gasteiger partial charge is 0.394 e. The van der Waals surface area contributed by atoms with Crippen molar-refractivity contribution in [2.45, 2.75) is 25.4 Å². The second-order valence-electron chi connectivity index (χ2n) is 6.24. The topological polar surface area (TPSA) is 41.9 Å². The lowest BCUT2D eigenvalue weighted by Crippen LogP contribution is -2.50. The Morgan fingerprint density at radius 1 is 0.917 bits per heavy atom. The predicted molar refractivity (Wildman–Crippen MR) is 93.6 cm³/mol. The summed E-state index contributed by atoms with van der Waals surface area (Å²) in [5.74, 6) is 0. The summed E-state index contributed by atoms with van der Waals surface area (Å²) in [6, 6.07) is 20.5. The van der Waals surface area contributed by atoms with Gasteiger partial charge in [-0.1, -0.05) is 60.7 Å². The van der Waals surface area contributed by atoms with Crippen LogP contribution in [0, 0.1) is 0 Å². The lowest BCUT2D eigenvalue weighted by atomic mass is 10.1. The highest BCUT2D eigenvalue weighted by Gasteiger charge is 2.27. The van der Waals surface area contributed by atoms with E-state index in [1.54, 1.807) is 0 Å². The Kier molecular flexibility index (Phi) is 6.38. The molecule has 1 aliphatic rings. The normalized spacial score (nSPS) is 21.7. The molecular weight excluding hydrogens is 302 g/mol. The van der Waals surface area contributed by atoms with E-state index in [-0.39, 0.29) is 18.8 Å². The van der Waals surface area contributed by atoms with E-state index < -0.39 is 0 Å².